The first-order valence-corrected chi connectivity index (χ1v) is 9.12. The van der Waals surface area contributed by atoms with Crippen molar-refractivity contribution in [3.63, 3.8) is 0 Å². The highest BCUT2D eigenvalue weighted by molar-refractivity contribution is 5.79. The van der Waals surface area contributed by atoms with E-state index in [0.717, 1.165) is 18.3 Å². The molecule has 0 bridgehead atoms. The molecule has 4 rings (SSSR count). The second-order valence-corrected chi connectivity index (χ2v) is 7.50. The fourth-order valence-electron chi connectivity index (χ4n) is 3.78. The number of aryl methyl sites for hydroxylation is 1. The molecular weight excluding hydrogens is 306 g/mol. The molecule has 0 radical (unpaired) electrons. The number of morpholine rings is 1. The average molecular weight is 333 g/mol. The van der Waals surface area contributed by atoms with Gasteiger partial charge in [0.15, 0.2) is 5.82 Å². The van der Waals surface area contributed by atoms with Crippen molar-refractivity contribution in [2.45, 2.75) is 50.8 Å². The first-order valence-electron chi connectivity index (χ1n) is 9.12. The molecule has 0 spiro atoms. The summed E-state index contributed by atoms with van der Waals surface area (Å²) in [5, 5.41) is 8.08. The Balaban J connectivity index is 1.38. The number of ether oxygens (including phenoxy) is 1. The van der Waals surface area contributed by atoms with Gasteiger partial charge < -0.3 is 14.2 Å². The summed E-state index contributed by atoms with van der Waals surface area (Å²) in [6.45, 7) is 4.86. The summed E-state index contributed by atoms with van der Waals surface area (Å²) >= 11 is 0. The van der Waals surface area contributed by atoms with E-state index in [9.17, 15) is 4.79 Å². The minimum absolute atomic E-state index is 0.103. The summed E-state index contributed by atoms with van der Waals surface area (Å²) in [6.07, 6.45) is 6.50. The zero-order chi connectivity index (χ0) is 16.7. The fourth-order valence-corrected chi connectivity index (χ4v) is 3.78. The molecule has 7 nitrogen and oxygen atoms in total. The van der Waals surface area contributed by atoms with Crippen molar-refractivity contribution in [2.75, 3.05) is 26.2 Å². The lowest BCUT2D eigenvalue weighted by Crippen LogP contribution is -2.49. The maximum Gasteiger partial charge on any atom is 0.237 e. The van der Waals surface area contributed by atoms with Crippen molar-refractivity contribution in [1.82, 2.24) is 24.6 Å². The third-order valence-corrected chi connectivity index (χ3v) is 5.52. The Bertz CT molecular complexity index is 596. The van der Waals surface area contributed by atoms with E-state index in [1.807, 2.05) is 11.6 Å². The van der Waals surface area contributed by atoms with Gasteiger partial charge in [-0.05, 0) is 38.5 Å². The molecule has 2 saturated carbocycles. The van der Waals surface area contributed by atoms with Crippen molar-refractivity contribution < 1.29 is 9.53 Å². The van der Waals surface area contributed by atoms with Crippen LogP contribution in [0.2, 0.25) is 0 Å². The lowest BCUT2D eigenvalue weighted by atomic mass is 10.1. The molecule has 132 valence electrons. The zero-order valence-corrected chi connectivity index (χ0v) is 14.6. The smallest absolute Gasteiger partial charge is 0.237 e. The summed E-state index contributed by atoms with van der Waals surface area (Å²) in [5.74, 6) is 1.85. The molecule has 1 aromatic heterocycles. The van der Waals surface area contributed by atoms with Crippen LogP contribution in [0, 0.1) is 5.92 Å². The van der Waals surface area contributed by atoms with Crippen LogP contribution in [0.25, 0.3) is 0 Å². The van der Waals surface area contributed by atoms with E-state index < -0.39 is 0 Å². The summed E-state index contributed by atoms with van der Waals surface area (Å²) in [7, 11) is 1.93. The van der Waals surface area contributed by atoms with Crippen LogP contribution < -0.4 is 0 Å². The molecule has 1 aliphatic heterocycles. The monoisotopic (exact) mass is 333 g/mol. The molecule has 1 amide bonds. The quantitative estimate of drug-likeness (QED) is 0.776. The van der Waals surface area contributed by atoms with Gasteiger partial charge in [0.1, 0.15) is 12.4 Å². The largest absolute Gasteiger partial charge is 0.368 e. The van der Waals surface area contributed by atoms with E-state index >= 15 is 0 Å². The van der Waals surface area contributed by atoms with Gasteiger partial charge in [0.05, 0.1) is 13.2 Å². The van der Waals surface area contributed by atoms with Gasteiger partial charge in [-0.2, -0.15) is 0 Å². The predicted molar refractivity (Wildman–Crippen MR) is 88.2 cm³/mol. The van der Waals surface area contributed by atoms with E-state index in [-0.39, 0.29) is 12.0 Å². The Morgan fingerprint density at radius 1 is 1.42 bits per heavy atom. The molecule has 3 fully saturated rings. The maximum absolute atomic E-state index is 12.9. The van der Waals surface area contributed by atoms with E-state index in [1.54, 1.807) is 6.33 Å². The number of carbonyl (C=O) groups excluding carboxylic acids is 1. The number of hydrogen-bond acceptors (Lipinski definition) is 5. The molecule has 2 aliphatic carbocycles. The van der Waals surface area contributed by atoms with Crippen LogP contribution in [0.15, 0.2) is 6.33 Å². The number of hydrogen-bond donors (Lipinski definition) is 0. The van der Waals surface area contributed by atoms with Crippen molar-refractivity contribution in [1.29, 1.82) is 0 Å². The van der Waals surface area contributed by atoms with Crippen LogP contribution >= 0.6 is 0 Å². The van der Waals surface area contributed by atoms with Crippen LogP contribution in [-0.2, 0) is 16.6 Å². The first kappa shape index (κ1) is 16.0. The van der Waals surface area contributed by atoms with Gasteiger partial charge in [-0.3, -0.25) is 9.69 Å². The van der Waals surface area contributed by atoms with Crippen molar-refractivity contribution in [3.05, 3.63) is 12.2 Å². The Labute approximate surface area is 143 Å². The molecule has 7 heteroatoms. The zero-order valence-electron chi connectivity index (χ0n) is 14.6. The Morgan fingerprint density at radius 3 is 2.83 bits per heavy atom. The maximum atomic E-state index is 12.9. The number of nitrogens with zero attached hydrogens (tertiary/aromatic N) is 5. The van der Waals surface area contributed by atoms with Crippen LogP contribution in [0.3, 0.4) is 0 Å². The predicted octanol–water partition coefficient (Wildman–Crippen LogP) is 0.978. The van der Waals surface area contributed by atoms with Gasteiger partial charge in [-0.1, -0.05) is 0 Å². The van der Waals surface area contributed by atoms with Crippen molar-refractivity contribution in [2.24, 2.45) is 13.0 Å². The molecule has 0 aromatic carbocycles. The lowest BCUT2D eigenvalue weighted by Gasteiger charge is -2.35. The van der Waals surface area contributed by atoms with E-state index in [4.69, 9.17) is 4.74 Å². The summed E-state index contributed by atoms with van der Waals surface area (Å²) in [6, 6.07) is 0.893. The van der Waals surface area contributed by atoms with Crippen molar-refractivity contribution in [3.8, 4) is 0 Å². The second-order valence-electron chi connectivity index (χ2n) is 7.50. The molecule has 1 saturated heterocycles. The first-order chi connectivity index (χ1) is 11.6. The van der Waals surface area contributed by atoms with E-state index in [1.165, 1.54) is 25.7 Å². The Morgan fingerprint density at radius 2 is 2.21 bits per heavy atom. The number of carbonyl (C=O) groups is 1. The Kier molecular flexibility index (Phi) is 4.30. The molecule has 1 aromatic rings. The third kappa shape index (κ3) is 3.32. The third-order valence-electron chi connectivity index (χ3n) is 5.52. The van der Waals surface area contributed by atoms with Gasteiger partial charge in [0, 0.05) is 32.2 Å². The number of aromatic nitrogens is 3. The van der Waals surface area contributed by atoms with Gasteiger partial charge in [0.2, 0.25) is 5.91 Å². The number of amides is 1. The minimum atomic E-state index is -0.103. The van der Waals surface area contributed by atoms with Crippen LogP contribution in [0.4, 0.5) is 0 Å². The molecule has 0 unspecified atom stereocenters. The molecule has 2 heterocycles. The number of rotatable bonds is 6. The van der Waals surface area contributed by atoms with Crippen LogP contribution in [-0.4, -0.2) is 68.8 Å². The standard InChI is InChI=1S/C17H27N5O2/c1-12(13-3-4-13)22(14-5-6-14)16(23)10-21-7-8-24-15(9-21)17-19-18-11-20(17)2/h11-15H,3-10H2,1-2H3/t12-,15+/m0/s1. The summed E-state index contributed by atoms with van der Waals surface area (Å²) in [5.41, 5.74) is 0. The van der Waals surface area contributed by atoms with Gasteiger partial charge in [-0.15, -0.1) is 10.2 Å². The lowest BCUT2D eigenvalue weighted by molar-refractivity contribution is -0.137. The SMILES string of the molecule is C[C@@H](C1CC1)N(C(=O)CN1CCO[C@@H](c2nncn2C)C1)C1CC1. The minimum Gasteiger partial charge on any atom is -0.368 e. The normalized spacial score (nSPS) is 26.3. The van der Waals surface area contributed by atoms with Crippen LogP contribution in [0.5, 0.6) is 0 Å². The second kappa shape index (κ2) is 6.44. The van der Waals surface area contributed by atoms with Crippen LogP contribution in [0.1, 0.15) is 44.5 Å². The van der Waals surface area contributed by atoms with Crippen molar-refractivity contribution >= 4 is 5.91 Å². The molecule has 2 atom stereocenters. The molecule has 3 aliphatic rings. The highest BCUT2D eigenvalue weighted by Crippen LogP contribution is 2.39. The molecule has 24 heavy (non-hydrogen) atoms. The molecular formula is C17H27N5O2. The summed E-state index contributed by atoms with van der Waals surface area (Å²) in [4.78, 5) is 17.3. The molecule has 0 N–H and O–H groups in total. The van der Waals surface area contributed by atoms with Gasteiger partial charge in [0.25, 0.3) is 0 Å². The highest BCUT2D eigenvalue weighted by atomic mass is 16.5. The average Bonchev–Trinajstić information content (AvgIpc) is 3.46. The summed E-state index contributed by atoms with van der Waals surface area (Å²) < 4.78 is 7.73. The highest BCUT2D eigenvalue weighted by Gasteiger charge is 2.42. The Hall–Kier alpha value is -1.47. The van der Waals surface area contributed by atoms with Gasteiger partial charge in [-0.25, -0.2) is 0 Å². The van der Waals surface area contributed by atoms with E-state index in [2.05, 4.69) is 26.9 Å². The fraction of sp³-hybridized carbons (Fsp3) is 0.824. The van der Waals surface area contributed by atoms with Gasteiger partial charge >= 0.3 is 0 Å². The van der Waals surface area contributed by atoms with E-state index in [0.29, 0.717) is 31.8 Å². The topological polar surface area (TPSA) is 63.5 Å².